The van der Waals surface area contributed by atoms with E-state index in [0.29, 0.717) is 0 Å². The third-order valence-corrected chi connectivity index (χ3v) is 7.81. The number of hydrogen-bond donors (Lipinski definition) is 13. The van der Waals surface area contributed by atoms with Crippen molar-refractivity contribution in [3.05, 3.63) is 0 Å². The van der Waals surface area contributed by atoms with E-state index in [2.05, 4.69) is 0 Å². The molecule has 0 aliphatic carbocycles. The summed E-state index contributed by atoms with van der Waals surface area (Å²) in [5.74, 6) is 0. The average Bonchev–Trinajstić information content (AvgIpc) is 2.99. The Morgan fingerprint density at radius 1 is 0.442 bits per heavy atom. The maximum atomic E-state index is 11.1. The van der Waals surface area contributed by atoms with E-state index in [1.54, 1.807) is 0 Å². The minimum atomic E-state index is -1.99. The van der Waals surface area contributed by atoms with Crippen LogP contribution < -0.4 is 0 Å². The first kappa shape index (κ1) is 35.1. The van der Waals surface area contributed by atoms with E-state index in [1.807, 2.05) is 0 Å². The molecule has 0 aromatic carbocycles. The maximum absolute atomic E-state index is 11.1. The van der Waals surface area contributed by atoms with Gasteiger partial charge >= 0.3 is 0 Å². The fourth-order valence-corrected chi connectivity index (χ4v) is 5.23. The molecule has 43 heavy (non-hydrogen) atoms. The van der Waals surface area contributed by atoms with Gasteiger partial charge in [-0.1, -0.05) is 0 Å². The van der Waals surface area contributed by atoms with Gasteiger partial charge in [0.1, 0.15) is 91.6 Å². The molecule has 4 saturated heterocycles. The zero-order chi connectivity index (χ0) is 31.7. The summed E-state index contributed by atoms with van der Waals surface area (Å²) in [6, 6.07) is 0. The molecule has 252 valence electrons. The molecular weight excluding hydrogens is 596 g/mol. The minimum Gasteiger partial charge on any atom is -0.394 e. The van der Waals surface area contributed by atoms with Crippen molar-refractivity contribution in [2.24, 2.45) is 0 Å². The first-order valence-electron chi connectivity index (χ1n) is 13.5. The third kappa shape index (κ3) is 7.13. The van der Waals surface area contributed by atoms with Crippen molar-refractivity contribution in [3.8, 4) is 0 Å². The second-order valence-electron chi connectivity index (χ2n) is 10.7. The largest absolute Gasteiger partial charge is 0.394 e. The number of hydrogen-bond acceptors (Lipinski definition) is 20. The molecule has 0 saturated carbocycles. The maximum Gasteiger partial charge on any atom is 0.187 e. The van der Waals surface area contributed by atoms with Gasteiger partial charge in [-0.2, -0.15) is 0 Å². The van der Waals surface area contributed by atoms with Gasteiger partial charge in [0.05, 0.1) is 26.4 Å². The Morgan fingerprint density at radius 3 is 1.60 bits per heavy atom. The van der Waals surface area contributed by atoms with Gasteiger partial charge in [0, 0.05) is 0 Å². The summed E-state index contributed by atoms with van der Waals surface area (Å²) in [6.45, 7) is -3.11. The normalized spacial score (nSPS) is 53.1. The Bertz CT molecular complexity index is 867. The van der Waals surface area contributed by atoms with Crippen LogP contribution in [0, 0.1) is 0 Å². The molecule has 20 heteroatoms. The molecule has 0 bridgehead atoms. The zero-order valence-electron chi connectivity index (χ0n) is 22.5. The lowest BCUT2D eigenvalue weighted by atomic mass is 9.95. The number of rotatable bonds is 9. The fourth-order valence-electron chi connectivity index (χ4n) is 5.23. The molecule has 4 heterocycles. The van der Waals surface area contributed by atoms with Gasteiger partial charge < -0.3 is 99.5 Å². The Labute approximate surface area is 243 Å². The van der Waals surface area contributed by atoms with Gasteiger partial charge in [0.2, 0.25) is 0 Å². The van der Waals surface area contributed by atoms with E-state index in [-0.39, 0.29) is 0 Å². The van der Waals surface area contributed by atoms with Crippen LogP contribution >= 0.6 is 0 Å². The van der Waals surface area contributed by atoms with Gasteiger partial charge in [-0.15, -0.1) is 0 Å². The Morgan fingerprint density at radius 2 is 0.977 bits per heavy atom. The molecule has 0 radical (unpaired) electrons. The highest BCUT2D eigenvalue weighted by molar-refractivity contribution is 4.97. The molecular formula is C23H40O20. The van der Waals surface area contributed by atoms with E-state index in [1.165, 1.54) is 0 Å². The summed E-state index contributed by atoms with van der Waals surface area (Å²) < 4.78 is 38.6. The van der Waals surface area contributed by atoms with Crippen molar-refractivity contribution in [1.29, 1.82) is 0 Å². The lowest BCUT2D eigenvalue weighted by molar-refractivity contribution is -0.402. The lowest BCUT2D eigenvalue weighted by Gasteiger charge is -2.50. The highest BCUT2D eigenvalue weighted by Gasteiger charge is 2.55. The molecule has 0 aromatic rings. The molecule has 0 aromatic heterocycles. The highest BCUT2D eigenvalue weighted by atomic mass is 16.8. The molecule has 4 rings (SSSR count). The predicted molar refractivity (Wildman–Crippen MR) is 128 cm³/mol. The number of aliphatic hydroxyl groups excluding tert-OH is 13. The van der Waals surface area contributed by atoms with Crippen molar-refractivity contribution in [1.82, 2.24) is 0 Å². The van der Waals surface area contributed by atoms with Crippen molar-refractivity contribution >= 4 is 0 Å². The summed E-state index contributed by atoms with van der Waals surface area (Å²) in [6.07, 6.45) is -33.8. The summed E-state index contributed by atoms with van der Waals surface area (Å²) in [5.41, 5.74) is 0. The van der Waals surface area contributed by atoms with Crippen LogP contribution in [0.5, 0.6) is 0 Å². The van der Waals surface area contributed by atoms with Crippen molar-refractivity contribution in [2.75, 3.05) is 26.4 Å². The summed E-state index contributed by atoms with van der Waals surface area (Å²) >= 11 is 0. The van der Waals surface area contributed by atoms with Crippen LogP contribution in [-0.4, -0.2) is 210 Å². The third-order valence-electron chi connectivity index (χ3n) is 7.81. The van der Waals surface area contributed by atoms with Crippen LogP contribution in [0.25, 0.3) is 0 Å². The van der Waals surface area contributed by atoms with Crippen LogP contribution in [0.15, 0.2) is 0 Å². The van der Waals surface area contributed by atoms with Crippen LogP contribution in [0.2, 0.25) is 0 Å². The molecule has 0 spiro atoms. The van der Waals surface area contributed by atoms with Crippen molar-refractivity contribution in [2.45, 2.75) is 117 Å². The second kappa shape index (κ2) is 14.7. The molecule has 4 fully saturated rings. The Balaban J connectivity index is 1.68. The topological polar surface area (TPSA) is 328 Å². The highest BCUT2D eigenvalue weighted by Crippen LogP contribution is 2.35. The summed E-state index contributed by atoms with van der Waals surface area (Å²) in [5, 5.41) is 132. The minimum absolute atomic E-state index is 0.520. The predicted octanol–water partition coefficient (Wildman–Crippen LogP) is -9.11. The van der Waals surface area contributed by atoms with Gasteiger partial charge in [-0.25, -0.2) is 0 Å². The molecule has 20 nitrogen and oxygen atoms in total. The number of aliphatic hydroxyl groups is 13. The van der Waals surface area contributed by atoms with Crippen LogP contribution in [0.4, 0.5) is 0 Å². The Kier molecular flexibility index (Phi) is 12.0. The van der Waals surface area contributed by atoms with E-state index in [4.69, 9.17) is 33.2 Å². The molecule has 4 aliphatic rings. The van der Waals surface area contributed by atoms with Gasteiger partial charge in [0.25, 0.3) is 0 Å². The standard InChI is InChI=1S/C23H40O20/c24-1-6-10(29)12(31)16(35)22(39-6)43-19-18(42-21-15(34)9(28)5(27)4-37-21)11(30)7(2-25)40-23(19)41-17-8(3-26)38-20(36)14(33)13(17)32/h5-36H,1-4H2/t5-,6-,7-,8-,9+,10+,11-,12+,13-,14-,15-,16-,17+,18+,19-,20-,21+,22+,23+/m1/s1. The van der Waals surface area contributed by atoms with Gasteiger partial charge in [-0.05, 0) is 0 Å². The quantitative estimate of drug-likeness (QED) is 0.112. The van der Waals surface area contributed by atoms with E-state index in [9.17, 15) is 66.4 Å². The molecule has 4 aliphatic heterocycles. The number of ether oxygens (including phenoxy) is 7. The molecule has 13 N–H and O–H groups in total. The van der Waals surface area contributed by atoms with E-state index < -0.39 is 143 Å². The van der Waals surface area contributed by atoms with E-state index in [0.717, 1.165) is 0 Å². The van der Waals surface area contributed by atoms with E-state index >= 15 is 0 Å². The zero-order valence-corrected chi connectivity index (χ0v) is 22.5. The monoisotopic (exact) mass is 636 g/mol. The Hall–Kier alpha value is -0.800. The first-order chi connectivity index (χ1) is 20.3. The van der Waals surface area contributed by atoms with Crippen LogP contribution in [0.3, 0.4) is 0 Å². The lowest BCUT2D eigenvalue weighted by Crippen LogP contribution is -2.68. The smallest absolute Gasteiger partial charge is 0.187 e. The van der Waals surface area contributed by atoms with Crippen LogP contribution in [-0.2, 0) is 33.2 Å². The molecule has 19 atom stereocenters. The van der Waals surface area contributed by atoms with Crippen LogP contribution in [0.1, 0.15) is 0 Å². The first-order valence-corrected chi connectivity index (χ1v) is 13.5. The van der Waals surface area contributed by atoms with Crippen molar-refractivity contribution < 1.29 is 99.5 Å². The fraction of sp³-hybridized carbons (Fsp3) is 1.00. The molecule has 0 unspecified atom stereocenters. The SMILES string of the molecule is OC[C@H]1O[C@@H](O[C@H]2[C@H](O[C@@H]3[C@H](O)[C@@H](O)[C@H](O)O[C@@H]3CO)O[C@H](CO)[C@@H](O)[C@@H]2O[C@@H]2OC[C@@H](O)[C@H](O)[C@H]2O)[C@H](O)[C@@H](O)[C@H]1O. The van der Waals surface area contributed by atoms with Gasteiger partial charge in [0.15, 0.2) is 25.2 Å². The van der Waals surface area contributed by atoms with Crippen molar-refractivity contribution in [3.63, 3.8) is 0 Å². The summed E-state index contributed by atoms with van der Waals surface area (Å²) in [7, 11) is 0. The van der Waals surface area contributed by atoms with Gasteiger partial charge in [-0.3, -0.25) is 0 Å². The second-order valence-corrected chi connectivity index (χ2v) is 10.7. The average molecular weight is 637 g/mol. The summed E-state index contributed by atoms with van der Waals surface area (Å²) in [4.78, 5) is 0. The molecule has 0 amide bonds.